The van der Waals surface area contributed by atoms with Crippen LogP contribution in [0, 0.1) is 0 Å². The van der Waals surface area contributed by atoms with Gasteiger partial charge in [-0.25, -0.2) is 9.78 Å². The number of methoxy groups -OCH3 is 1. The van der Waals surface area contributed by atoms with Crippen molar-refractivity contribution in [3.05, 3.63) is 76.4 Å². The molecule has 1 aromatic heterocycles. The number of benzene rings is 3. The molecule has 0 amide bonds. The van der Waals surface area contributed by atoms with Gasteiger partial charge in [-0.1, -0.05) is 29.8 Å². The molecular formula is C26H18ClNO6. The molecule has 0 unspecified atom stereocenters. The molecule has 3 aromatic carbocycles. The van der Waals surface area contributed by atoms with Crippen LogP contribution in [0.15, 0.2) is 54.6 Å². The fourth-order valence-electron chi connectivity index (χ4n) is 4.22. The summed E-state index contributed by atoms with van der Waals surface area (Å²) in [6.07, 6.45) is 0. The molecule has 170 valence electrons. The van der Waals surface area contributed by atoms with Crippen LogP contribution in [0.2, 0.25) is 5.02 Å². The predicted octanol–water partition coefficient (Wildman–Crippen LogP) is 5.54. The van der Waals surface area contributed by atoms with E-state index in [-0.39, 0.29) is 13.4 Å². The average molecular weight is 476 g/mol. The second-order valence-corrected chi connectivity index (χ2v) is 8.32. The molecule has 8 heteroatoms. The van der Waals surface area contributed by atoms with Gasteiger partial charge in [-0.2, -0.15) is 0 Å². The van der Waals surface area contributed by atoms with E-state index in [4.69, 9.17) is 40.3 Å². The van der Waals surface area contributed by atoms with E-state index >= 15 is 0 Å². The molecular weight excluding hydrogens is 458 g/mol. The van der Waals surface area contributed by atoms with Crippen molar-refractivity contribution in [2.24, 2.45) is 0 Å². The van der Waals surface area contributed by atoms with Crippen LogP contribution in [0.5, 0.6) is 23.0 Å². The van der Waals surface area contributed by atoms with Crippen LogP contribution < -0.4 is 18.9 Å². The minimum Gasteiger partial charge on any atom is -0.493 e. The lowest BCUT2D eigenvalue weighted by atomic mass is 9.94. The van der Waals surface area contributed by atoms with Gasteiger partial charge in [0.15, 0.2) is 23.0 Å². The molecule has 6 rings (SSSR count). The second kappa shape index (κ2) is 8.11. The Kier molecular flexibility index (Phi) is 4.92. The molecule has 0 saturated carbocycles. The monoisotopic (exact) mass is 475 g/mol. The van der Waals surface area contributed by atoms with Gasteiger partial charge in [-0.05, 0) is 41.5 Å². The van der Waals surface area contributed by atoms with Gasteiger partial charge in [0.05, 0.1) is 23.9 Å². The normalized spacial score (nSPS) is 13.6. The van der Waals surface area contributed by atoms with Gasteiger partial charge in [0, 0.05) is 22.0 Å². The van der Waals surface area contributed by atoms with Gasteiger partial charge in [0.2, 0.25) is 6.79 Å². The predicted molar refractivity (Wildman–Crippen MR) is 125 cm³/mol. The number of cyclic esters (lactones) is 1. The Morgan fingerprint density at radius 1 is 0.941 bits per heavy atom. The van der Waals surface area contributed by atoms with Crippen LogP contribution in [0.1, 0.15) is 21.6 Å². The zero-order valence-corrected chi connectivity index (χ0v) is 18.8. The van der Waals surface area contributed by atoms with Crippen molar-refractivity contribution in [2.45, 2.75) is 13.2 Å². The Morgan fingerprint density at radius 2 is 1.76 bits per heavy atom. The minimum atomic E-state index is -0.404. The molecule has 0 radical (unpaired) electrons. The fraction of sp³-hybridized carbons (Fsp3) is 0.154. The van der Waals surface area contributed by atoms with Gasteiger partial charge in [0.1, 0.15) is 13.2 Å². The van der Waals surface area contributed by atoms with Gasteiger partial charge >= 0.3 is 5.97 Å². The highest BCUT2D eigenvalue weighted by Gasteiger charge is 2.30. The van der Waals surface area contributed by atoms with Crippen molar-refractivity contribution in [3.8, 4) is 34.1 Å². The first-order chi connectivity index (χ1) is 16.6. The third kappa shape index (κ3) is 3.45. The number of hydrogen-bond donors (Lipinski definition) is 0. The zero-order valence-electron chi connectivity index (χ0n) is 18.1. The highest BCUT2D eigenvalue weighted by atomic mass is 35.5. The number of carbonyl (C=O) groups excluding carboxylic acids is 1. The first-order valence-electron chi connectivity index (χ1n) is 10.6. The summed E-state index contributed by atoms with van der Waals surface area (Å²) in [6, 6.07) is 16.7. The summed E-state index contributed by atoms with van der Waals surface area (Å²) in [5.41, 5.74) is 4.17. The number of ether oxygens (including phenoxy) is 5. The molecule has 3 heterocycles. The molecule has 0 aliphatic carbocycles. The van der Waals surface area contributed by atoms with Crippen molar-refractivity contribution in [2.75, 3.05) is 13.9 Å². The zero-order chi connectivity index (χ0) is 23.2. The number of nitrogens with zero attached hydrogens (tertiary/aromatic N) is 1. The van der Waals surface area contributed by atoms with Gasteiger partial charge < -0.3 is 23.7 Å². The maximum atomic E-state index is 12.7. The smallest absolute Gasteiger partial charge is 0.341 e. The molecule has 2 aliphatic heterocycles. The Balaban J connectivity index is 1.49. The largest absolute Gasteiger partial charge is 0.493 e. The molecule has 0 spiro atoms. The Morgan fingerprint density at radius 3 is 2.59 bits per heavy atom. The van der Waals surface area contributed by atoms with E-state index in [9.17, 15) is 4.79 Å². The first-order valence-corrected chi connectivity index (χ1v) is 11.0. The summed E-state index contributed by atoms with van der Waals surface area (Å²) in [5.74, 6) is 1.95. The van der Waals surface area contributed by atoms with Gasteiger partial charge in [-0.15, -0.1) is 0 Å². The SMILES string of the molecule is COc1cc2c(-c3ccc4c(c3)OCO4)c3c(nc2cc1OCc1ccc(Cl)cc1)COC3=O. The van der Waals surface area contributed by atoms with E-state index in [0.29, 0.717) is 57.0 Å². The summed E-state index contributed by atoms with van der Waals surface area (Å²) in [5, 5.41) is 1.41. The molecule has 0 bridgehead atoms. The summed E-state index contributed by atoms with van der Waals surface area (Å²) in [4.78, 5) is 17.4. The lowest BCUT2D eigenvalue weighted by Gasteiger charge is -2.15. The van der Waals surface area contributed by atoms with Crippen LogP contribution >= 0.6 is 11.6 Å². The molecule has 7 nitrogen and oxygen atoms in total. The Bertz CT molecular complexity index is 1450. The molecule has 0 fully saturated rings. The van der Waals surface area contributed by atoms with Gasteiger partial charge in [-0.3, -0.25) is 0 Å². The van der Waals surface area contributed by atoms with E-state index < -0.39 is 5.97 Å². The van der Waals surface area contributed by atoms with Crippen molar-refractivity contribution in [1.29, 1.82) is 0 Å². The number of rotatable bonds is 5. The number of halogens is 1. The quantitative estimate of drug-likeness (QED) is 0.351. The van der Waals surface area contributed by atoms with Gasteiger partial charge in [0.25, 0.3) is 0 Å². The van der Waals surface area contributed by atoms with Crippen LogP contribution in [0.25, 0.3) is 22.0 Å². The van der Waals surface area contributed by atoms with E-state index in [1.165, 1.54) is 0 Å². The molecule has 2 aliphatic rings. The van der Waals surface area contributed by atoms with Crippen molar-refractivity contribution < 1.29 is 28.5 Å². The summed E-state index contributed by atoms with van der Waals surface area (Å²) < 4.78 is 28.0. The molecule has 0 saturated heterocycles. The highest BCUT2D eigenvalue weighted by Crippen LogP contribution is 2.44. The number of esters is 1. The van der Waals surface area contributed by atoms with E-state index in [1.54, 1.807) is 7.11 Å². The number of fused-ring (bicyclic) bond motifs is 3. The average Bonchev–Trinajstić information content (AvgIpc) is 3.47. The van der Waals surface area contributed by atoms with Crippen molar-refractivity contribution in [1.82, 2.24) is 4.98 Å². The van der Waals surface area contributed by atoms with E-state index in [0.717, 1.165) is 16.5 Å². The molecule has 0 N–H and O–H groups in total. The standard InChI is InChI=1S/C26H18ClNO6/c1-30-21-9-17-18(10-23(21)31-11-14-2-5-16(27)6-3-14)28-19-12-32-26(29)25(19)24(17)15-4-7-20-22(8-15)34-13-33-20/h2-10H,11-13H2,1H3. The van der Waals surface area contributed by atoms with E-state index in [1.807, 2.05) is 54.6 Å². The Labute approximate surface area is 199 Å². The number of hydrogen-bond acceptors (Lipinski definition) is 7. The molecule has 4 aromatic rings. The number of pyridine rings is 1. The van der Waals surface area contributed by atoms with Crippen LogP contribution in [0.3, 0.4) is 0 Å². The summed E-state index contributed by atoms with van der Waals surface area (Å²) >= 11 is 5.98. The number of carbonyl (C=O) groups is 1. The van der Waals surface area contributed by atoms with Crippen LogP contribution in [-0.2, 0) is 18.0 Å². The summed E-state index contributed by atoms with van der Waals surface area (Å²) in [7, 11) is 1.58. The third-order valence-corrected chi connectivity index (χ3v) is 6.11. The first kappa shape index (κ1) is 20.6. The topological polar surface area (TPSA) is 76.1 Å². The lowest BCUT2D eigenvalue weighted by Crippen LogP contribution is -2.02. The lowest BCUT2D eigenvalue weighted by molar-refractivity contribution is 0.0534. The Hall–Kier alpha value is -3.97. The summed E-state index contributed by atoms with van der Waals surface area (Å²) in [6.45, 7) is 0.618. The molecule has 0 atom stereocenters. The maximum absolute atomic E-state index is 12.7. The fourth-order valence-corrected chi connectivity index (χ4v) is 4.34. The van der Waals surface area contributed by atoms with Crippen LogP contribution in [-0.4, -0.2) is 24.9 Å². The van der Waals surface area contributed by atoms with Crippen LogP contribution in [0.4, 0.5) is 0 Å². The molecule has 34 heavy (non-hydrogen) atoms. The number of aromatic nitrogens is 1. The highest BCUT2D eigenvalue weighted by molar-refractivity contribution is 6.30. The van der Waals surface area contributed by atoms with E-state index in [2.05, 4.69) is 0 Å². The second-order valence-electron chi connectivity index (χ2n) is 7.89. The van der Waals surface area contributed by atoms with Crippen molar-refractivity contribution >= 4 is 28.5 Å². The maximum Gasteiger partial charge on any atom is 0.341 e. The third-order valence-electron chi connectivity index (χ3n) is 5.86. The van der Waals surface area contributed by atoms with Crippen molar-refractivity contribution in [3.63, 3.8) is 0 Å². The minimum absolute atomic E-state index is 0.120.